The Bertz CT molecular complexity index is 707. The molecule has 0 fully saturated rings. The third-order valence-electron chi connectivity index (χ3n) is 5.83. The fourth-order valence-corrected chi connectivity index (χ4v) is 3.69. The van der Waals surface area contributed by atoms with Gasteiger partial charge in [-0.15, -0.1) is 0 Å². The van der Waals surface area contributed by atoms with Crippen LogP contribution in [-0.4, -0.2) is 59.6 Å². The molecular weight excluding hydrogens is 459 g/mol. The minimum atomic E-state index is -4.68. The minimum absolute atomic E-state index is 0.0859. The zero-order valence-electron chi connectivity index (χ0n) is 20.9. The SMILES string of the molecule is CCCCCCCCCCCCN(CCOc1ccc(C=CC(O)C(F)(F)F)cc1)CCC(=O)O. The molecule has 1 rings (SSSR count). The molecule has 0 bridgehead atoms. The molecule has 1 aromatic rings. The summed E-state index contributed by atoms with van der Waals surface area (Å²) in [7, 11) is 0. The van der Waals surface area contributed by atoms with Gasteiger partial charge in [-0.05, 0) is 36.7 Å². The Morgan fingerprint density at radius 1 is 0.943 bits per heavy atom. The topological polar surface area (TPSA) is 70.0 Å². The first-order valence-corrected chi connectivity index (χ1v) is 12.8. The molecule has 1 unspecified atom stereocenters. The Kier molecular flexibility index (Phi) is 16.1. The van der Waals surface area contributed by atoms with Gasteiger partial charge in [-0.2, -0.15) is 13.2 Å². The van der Waals surface area contributed by atoms with Crippen molar-refractivity contribution >= 4 is 12.0 Å². The van der Waals surface area contributed by atoms with E-state index in [0.29, 0.717) is 37.1 Å². The van der Waals surface area contributed by atoms with Gasteiger partial charge in [0.15, 0.2) is 6.10 Å². The van der Waals surface area contributed by atoms with Crippen molar-refractivity contribution < 1.29 is 32.9 Å². The predicted molar refractivity (Wildman–Crippen MR) is 134 cm³/mol. The molecule has 2 N–H and O–H groups in total. The summed E-state index contributed by atoms with van der Waals surface area (Å²) >= 11 is 0. The number of alkyl halides is 3. The first-order valence-electron chi connectivity index (χ1n) is 12.8. The van der Waals surface area contributed by atoms with E-state index in [9.17, 15) is 18.0 Å². The average Bonchev–Trinajstić information content (AvgIpc) is 2.81. The number of benzene rings is 1. The van der Waals surface area contributed by atoms with Gasteiger partial charge < -0.3 is 14.9 Å². The van der Waals surface area contributed by atoms with Crippen LogP contribution in [0.3, 0.4) is 0 Å². The summed E-state index contributed by atoms with van der Waals surface area (Å²) in [4.78, 5) is 13.1. The van der Waals surface area contributed by atoms with E-state index in [0.717, 1.165) is 19.4 Å². The Morgan fingerprint density at radius 2 is 1.51 bits per heavy atom. The molecule has 0 aliphatic heterocycles. The summed E-state index contributed by atoms with van der Waals surface area (Å²) in [6.45, 7) is 4.52. The van der Waals surface area contributed by atoms with Crippen LogP contribution in [0.4, 0.5) is 13.2 Å². The molecule has 35 heavy (non-hydrogen) atoms. The van der Waals surface area contributed by atoms with Crippen LogP contribution >= 0.6 is 0 Å². The Morgan fingerprint density at radius 3 is 2.06 bits per heavy atom. The van der Waals surface area contributed by atoms with Gasteiger partial charge in [0.25, 0.3) is 0 Å². The van der Waals surface area contributed by atoms with E-state index in [1.807, 2.05) is 0 Å². The number of aliphatic hydroxyl groups is 1. The van der Waals surface area contributed by atoms with Crippen LogP contribution in [0, 0.1) is 0 Å². The second kappa shape index (κ2) is 18.2. The molecule has 0 radical (unpaired) electrons. The molecule has 8 heteroatoms. The minimum Gasteiger partial charge on any atom is -0.492 e. The average molecular weight is 502 g/mol. The maximum Gasteiger partial charge on any atom is 0.417 e. The highest BCUT2D eigenvalue weighted by atomic mass is 19.4. The van der Waals surface area contributed by atoms with Crippen molar-refractivity contribution in [1.29, 1.82) is 0 Å². The first kappa shape index (κ1) is 31.0. The van der Waals surface area contributed by atoms with Crippen LogP contribution in [0.15, 0.2) is 30.3 Å². The Balaban J connectivity index is 2.32. The molecule has 1 atom stereocenters. The summed E-state index contributed by atoms with van der Waals surface area (Å²) in [6.07, 6.45) is 7.32. The number of carboxylic acid groups (broad SMARTS) is 1. The van der Waals surface area contributed by atoms with Gasteiger partial charge in [-0.3, -0.25) is 9.69 Å². The fraction of sp³-hybridized carbons (Fsp3) is 0.667. The normalized spacial score (nSPS) is 13.0. The molecule has 1 aromatic carbocycles. The number of carbonyl (C=O) groups is 1. The Labute approximate surface area is 208 Å². The van der Waals surface area contributed by atoms with Gasteiger partial charge in [0.1, 0.15) is 12.4 Å². The molecule has 200 valence electrons. The van der Waals surface area contributed by atoms with Crippen molar-refractivity contribution in [1.82, 2.24) is 4.90 Å². The van der Waals surface area contributed by atoms with Crippen LogP contribution < -0.4 is 4.74 Å². The van der Waals surface area contributed by atoms with Crippen LogP contribution in [0.1, 0.15) is 83.1 Å². The zero-order chi connectivity index (χ0) is 25.9. The quantitative estimate of drug-likeness (QED) is 0.195. The van der Waals surface area contributed by atoms with Crippen LogP contribution in [0.5, 0.6) is 5.75 Å². The molecule has 0 aromatic heterocycles. The van der Waals surface area contributed by atoms with Gasteiger partial charge in [0.2, 0.25) is 0 Å². The summed E-state index contributed by atoms with van der Waals surface area (Å²) in [5, 5.41) is 18.0. The highest BCUT2D eigenvalue weighted by Gasteiger charge is 2.36. The van der Waals surface area contributed by atoms with E-state index in [1.54, 1.807) is 24.3 Å². The second-order valence-corrected chi connectivity index (χ2v) is 8.93. The highest BCUT2D eigenvalue weighted by Crippen LogP contribution is 2.22. The standard InChI is InChI=1S/C27H42F3NO4/c1-2-3-4-5-6-7-8-9-10-11-19-31(20-18-26(33)34)21-22-35-24-15-12-23(13-16-24)14-17-25(32)27(28,29)30/h12-17,25,32H,2-11,18-22H2,1H3,(H,33,34). The van der Waals surface area contributed by atoms with Crippen molar-refractivity contribution in [2.24, 2.45) is 0 Å². The van der Waals surface area contributed by atoms with Crippen LogP contribution in [0.25, 0.3) is 6.08 Å². The first-order chi connectivity index (χ1) is 16.7. The number of carboxylic acids is 1. The van der Waals surface area contributed by atoms with E-state index in [1.165, 1.54) is 57.4 Å². The Hall–Kier alpha value is -2.06. The van der Waals surface area contributed by atoms with E-state index in [2.05, 4.69) is 11.8 Å². The van der Waals surface area contributed by atoms with E-state index in [-0.39, 0.29) is 6.42 Å². The van der Waals surface area contributed by atoms with Gasteiger partial charge in [0, 0.05) is 13.1 Å². The van der Waals surface area contributed by atoms with E-state index >= 15 is 0 Å². The lowest BCUT2D eigenvalue weighted by molar-refractivity contribution is -0.187. The summed E-state index contributed by atoms with van der Waals surface area (Å²) in [6, 6.07) is 6.54. The number of hydrogen-bond acceptors (Lipinski definition) is 4. The third kappa shape index (κ3) is 16.3. The number of aliphatic carboxylic acids is 1. The van der Waals surface area contributed by atoms with E-state index in [4.69, 9.17) is 14.9 Å². The molecular formula is C27H42F3NO4. The summed E-state index contributed by atoms with van der Waals surface area (Å²) < 4.78 is 42.8. The number of rotatable bonds is 20. The van der Waals surface area contributed by atoms with Gasteiger partial charge in [0.05, 0.1) is 6.42 Å². The lowest BCUT2D eigenvalue weighted by Crippen LogP contribution is -2.31. The van der Waals surface area contributed by atoms with E-state index < -0.39 is 18.2 Å². The third-order valence-corrected chi connectivity index (χ3v) is 5.83. The van der Waals surface area contributed by atoms with Crippen molar-refractivity contribution in [3.63, 3.8) is 0 Å². The zero-order valence-corrected chi connectivity index (χ0v) is 20.9. The number of ether oxygens (including phenoxy) is 1. The largest absolute Gasteiger partial charge is 0.492 e. The van der Waals surface area contributed by atoms with Crippen LogP contribution in [0.2, 0.25) is 0 Å². The van der Waals surface area contributed by atoms with Crippen molar-refractivity contribution in [3.05, 3.63) is 35.9 Å². The molecule has 0 saturated carbocycles. The molecule has 5 nitrogen and oxygen atoms in total. The molecule has 0 saturated heterocycles. The summed E-state index contributed by atoms with van der Waals surface area (Å²) in [5.41, 5.74) is 0.518. The highest BCUT2D eigenvalue weighted by molar-refractivity contribution is 5.66. The smallest absolute Gasteiger partial charge is 0.417 e. The lowest BCUT2D eigenvalue weighted by Gasteiger charge is -2.21. The second-order valence-electron chi connectivity index (χ2n) is 8.93. The number of unbranched alkanes of at least 4 members (excludes halogenated alkanes) is 9. The maximum atomic E-state index is 12.4. The van der Waals surface area contributed by atoms with Gasteiger partial charge >= 0.3 is 12.1 Å². The number of hydrogen-bond donors (Lipinski definition) is 2. The molecule has 0 aliphatic carbocycles. The maximum absolute atomic E-state index is 12.4. The van der Waals surface area contributed by atoms with Crippen molar-refractivity contribution in [2.45, 2.75) is 89.8 Å². The molecule has 0 aliphatic rings. The van der Waals surface area contributed by atoms with Crippen molar-refractivity contribution in [3.8, 4) is 5.75 Å². The predicted octanol–water partition coefficient (Wildman–Crippen LogP) is 6.70. The molecule has 0 spiro atoms. The lowest BCUT2D eigenvalue weighted by atomic mass is 10.1. The van der Waals surface area contributed by atoms with Crippen LogP contribution in [-0.2, 0) is 4.79 Å². The van der Waals surface area contributed by atoms with Gasteiger partial charge in [-0.25, -0.2) is 0 Å². The monoisotopic (exact) mass is 501 g/mol. The fourth-order valence-electron chi connectivity index (χ4n) is 3.69. The molecule has 0 heterocycles. The number of aliphatic hydroxyl groups excluding tert-OH is 1. The number of nitrogens with zero attached hydrogens (tertiary/aromatic N) is 1. The molecule has 0 amide bonds. The van der Waals surface area contributed by atoms with Crippen molar-refractivity contribution in [2.75, 3.05) is 26.2 Å². The van der Waals surface area contributed by atoms with Gasteiger partial charge in [-0.1, -0.05) is 82.9 Å². The number of halogens is 3. The summed E-state index contributed by atoms with van der Waals surface area (Å²) in [5.74, 6) is -0.242.